The highest BCUT2D eigenvalue weighted by atomic mass is 32.1. The molecule has 0 atom stereocenters. The van der Waals surface area contributed by atoms with Crippen molar-refractivity contribution < 1.29 is 0 Å². The minimum absolute atomic E-state index is 0.738. The van der Waals surface area contributed by atoms with Crippen LogP contribution < -0.4 is 0 Å². The van der Waals surface area contributed by atoms with E-state index < -0.39 is 0 Å². The van der Waals surface area contributed by atoms with Gasteiger partial charge in [-0.05, 0) is 69.4 Å². The van der Waals surface area contributed by atoms with Crippen molar-refractivity contribution in [2.75, 3.05) is 0 Å². The molecule has 0 bridgehead atoms. The molecule has 254 valence electrons. The van der Waals surface area contributed by atoms with Crippen molar-refractivity contribution in [3.63, 3.8) is 0 Å². The van der Waals surface area contributed by atoms with Crippen LogP contribution in [-0.2, 0) is 0 Å². The smallest absolute Gasteiger partial charge is 0.161 e. The Hall–Kier alpha value is -6.66. The van der Waals surface area contributed by atoms with Crippen molar-refractivity contribution >= 4 is 117 Å². The highest BCUT2D eigenvalue weighted by Crippen LogP contribution is 2.47. The molecule has 0 aliphatic carbocycles. The number of hydrogen-bond donors (Lipinski definition) is 0. The minimum atomic E-state index is 0.738. The van der Waals surface area contributed by atoms with Gasteiger partial charge in [0, 0.05) is 57.5 Å². The zero-order valence-corrected chi connectivity index (χ0v) is 30.9. The van der Waals surface area contributed by atoms with Gasteiger partial charge in [0.2, 0.25) is 0 Å². The molecular weight excluding hydrogens is 707 g/mol. The number of aromatic nitrogens is 3. The van der Waals surface area contributed by atoms with Gasteiger partial charge in [0.1, 0.15) is 0 Å². The largest absolute Gasteiger partial charge is 0.309 e. The second kappa shape index (κ2) is 11.0. The highest BCUT2D eigenvalue weighted by molar-refractivity contribution is 7.26. The van der Waals surface area contributed by atoms with Gasteiger partial charge in [0.15, 0.2) is 5.82 Å². The fraction of sp³-hybridized carbons (Fsp3) is 0. The van der Waals surface area contributed by atoms with Crippen molar-refractivity contribution in [3.05, 3.63) is 164 Å². The van der Waals surface area contributed by atoms with E-state index in [2.05, 4.69) is 168 Å². The maximum atomic E-state index is 5.46. The normalized spacial score (nSPS) is 12.4. The number of nitrogens with zero attached hydrogens (tertiary/aromatic N) is 3. The number of thiophene rings is 1. The Labute approximate surface area is 322 Å². The molecule has 5 heteroatoms. The maximum Gasteiger partial charge on any atom is 0.161 e. The van der Waals surface area contributed by atoms with E-state index in [1.807, 2.05) is 11.3 Å². The third-order valence-corrected chi connectivity index (χ3v) is 13.8. The molecule has 55 heavy (non-hydrogen) atoms. The van der Waals surface area contributed by atoms with Crippen LogP contribution in [0.25, 0.3) is 123 Å². The predicted octanol–water partition coefficient (Wildman–Crippen LogP) is 14.5. The lowest BCUT2D eigenvalue weighted by atomic mass is 10.00. The average Bonchev–Trinajstić information content (AvgIpc) is 3.74. The molecule has 13 rings (SSSR count). The van der Waals surface area contributed by atoms with E-state index in [0.29, 0.717) is 0 Å². The summed E-state index contributed by atoms with van der Waals surface area (Å²) in [6.45, 7) is 0. The summed E-state index contributed by atoms with van der Waals surface area (Å²) >= 11 is 3.67. The molecule has 0 spiro atoms. The molecule has 3 nitrogen and oxygen atoms in total. The summed E-state index contributed by atoms with van der Waals surface area (Å²) in [5.41, 5.74) is 7.69. The zero-order chi connectivity index (χ0) is 35.8. The fourth-order valence-electron chi connectivity index (χ4n) is 9.15. The van der Waals surface area contributed by atoms with Gasteiger partial charge >= 0.3 is 0 Å². The second-order valence-corrected chi connectivity index (χ2v) is 16.6. The van der Waals surface area contributed by atoms with E-state index in [1.165, 1.54) is 68.2 Å². The summed E-state index contributed by atoms with van der Waals surface area (Å²) in [7, 11) is 0. The van der Waals surface area contributed by atoms with Crippen molar-refractivity contribution in [1.29, 1.82) is 0 Å². The first kappa shape index (κ1) is 29.8. The van der Waals surface area contributed by atoms with Crippen LogP contribution in [0.1, 0.15) is 0 Å². The quantitative estimate of drug-likeness (QED) is 0.181. The second-order valence-electron chi connectivity index (χ2n) is 14.5. The van der Waals surface area contributed by atoms with Gasteiger partial charge in [-0.25, -0.2) is 9.97 Å². The van der Waals surface area contributed by atoms with E-state index >= 15 is 0 Å². The van der Waals surface area contributed by atoms with E-state index in [9.17, 15) is 0 Å². The lowest BCUT2D eigenvalue weighted by Gasteiger charge is -2.15. The van der Waals surface area contributed by atoms with Crippen molar-refractivity contribution in [2.45, 2.75) is 0 Å². The van der Waals surface area contributed by atoms with Crippen molar-refractivity contribution in [2.24, 2.45) is 0 Å². The summed E-state index contributed by atoms with van der Waals surface area (Å²) in [5, 5.41) is 13.8. The summed E-state index contributed by atoms with van der Waals surface area (Å²) in [4.78, 5) is 10.9. The van der Waals surface area contributed by atoms with Crippen LogP contribution in [0.2, 0.25) is 0 Å². The lowest BCUT2D eigenvalue weighted by Crippen LogP contribution is -1.98. The third-order valence-electron chi connectivity index (χ3n) is 11.5. The minimum Gasteiger partial charge on any atom is -0.309 e. The number of benzene rings is 9. The fourth-order valence-corrected chi connectivity index (χ4v) is 11.5. The third kappa shape index (κ3) is 4.09. The number of fused-ring (bicyclic) bond motifs is 5. The SMILES string of the molecule is c1ccc2cc(-c3nc(-c4cccc5c(-n6c7ccc8cccc9sc%10cccc%11ccc6c(c%11%10)c7c89)cccc45)nc4c3sc3ccccc34)ccc2c1. The van der Waals surface area contributed by atoms with Crippen LogP contribution in [-0.4, -0.2) is 14.5 Å². The van der Waals surface area contributed by atoms with E-state index in [-0.39, 0.29) is 0 Å². The predicted molar refractivity (Wildman–Crippen MR) is 237 cm³/mol. The molecule has 0 saturated heterocycles. The molecule has 0 saturated carbocycles. The summed E-state index contributed by atoms with van der Waals surface area (Å²) in [5.74, 6) is 0.738. The first-order valence-corrected chi connectivity index (χ1v) is 20.2. The molecular formula is C50H27N3S2. The van der Waals surface area contributed by atoms with Gasteiger partial charge in [0.25, 0.3) is 0 Å². The Morgan fingerprint density at radius 3 is 1.84 bits per heavy atom. The van der Waals surface area contributed by atoms with Crippen LogP contribution in [0, 0.1) is 0 Å². The average molecular weight is 734 g/mol. The van der Waals surface area contributed by atoms with Gasteiger partial charge in [-0.3, -0.25) is 0 Å². The molecule has 0 aliphatic heterocycles. The van der Waals surface area contributed by atoms with Crippen LogP contribution >= 0.6 is 22.7 Å². The van der Waals surface area contributed by atoms with Crippen LogP contribution in [0.4, 0.5) is 0 Å². The molecule has 0 aliphatic rings. The Bertz CT molecular complexity index is 3630. The summed E-state index contributed by atoms with van der Waals surface area (Å²) < 4.78 is 7.44. The molecule has 0 N–H and O–H groups in total. The first-order chi connectivity index (χ1) is 27.3. The summed E-state index contributed by atoms with van der Waals surface area (Å²) in [6.07, 6.45) is 0. The van der Waals surface area contributed by atoms with E-state index in [4.69, 9.17) is 9.97 Å². The highest BCUT2D eigenvalue weighted by Gasteiger charge is 2.23. The number of hydrogen-bond acceptors (Lipinski definition) is 4. The van der Waals surface area contributed by atoms with Crippen molar-refractivity contribution in [1.82, 2.24) is 14.5 Å². The Morgan fingerprint density at radius 2 is 1.04 bits per heavy atom. The Kier molecular flexibility index (Phi) is 5.93. The molecule has 13 aromatic rings. The standard InChI is InChI=1S/C50H27N3S2/c1-2-10-31-27-32(22-21-28(31)9-1)47-49-48(36-13-3-4-18-40(36)55-49)52-50(51-47)35-16-7-15-34-33(35)14-8-17-37(34)53-38-25-23-29-11-5-19-41-43(29)45(38)46-39(53)26-24-30-12-6-20-42(54-41)44(30)46/h1-27H. The zero-order valence-electron chi connectivity index (χ0n) is 29.2. The Balaban J connectivity index is 1.11. The topological polar surface area (TPSA) is 30.7 Å². The van der Waals surface area contributed by atoms with Gasteiger partial charge in [-0.1, -0.05) is 121 Å². The van der Waals surface area contributed by atoms with Gasteiger partial charge in [-0.2, -0.15) is 0 Å². The molecule has 9 aromatic carbocycles. The Morgan fingerprint density at radius 1 is 0.418 bits per heavy atom. The van der Waals surface area contributed by atoms with Crippen LogP contribution in [0.15, 0.2) is 164 Å². The van der Waals surface area contributed by atoms with Gasteiger partial charge in [0.05, 0.1) is 32.6 Å². The molecule has 4 aromatic heterocycles. The summed E-state index contributed by atoms with van der Waals surface area (Å²) in [6, 6.07) is 59.8. The van der Waals surface area contributed by atoms with Gasteiger partial charge < -0.3 is 4.57 Å². The maximum absolute atomic E-state index is 5.46. The molecule has 0 unspecified atom stereocenters. The molecule has 0 amide bonds. The molecule has 0 radical (unpaired) electrons. The molecule has 0 fully saturated rings. The van der Waals surface area contributed by atoms with Crippen LogP contribution in [0.5, 0.6) is 0 Å². The monoisotopic (exact) mass is 733 g/mol. The first-order valence-electron chi connectivity index (χ1n) is 18.6. The van der Waals surface area contributed by atoms with E-state index in [0.717, 1.165) is 54.7 Å². The van der Waals surface area contributed by atoms with Crippen molar-refractivity contribution in [3.8, 4) is 28.3 Å². The number of rotatable bonds is 3. The molecule has 4 heterocycles. The van der Waals surface area contributed by atoms with Gasteiger partial charge in [-0.15, -0.1) is 22.7 Å². The van der Waals surface area contributed by atoms with Crippen LogP contribution in [0.3, 0.4) is 0 Å². The van der Waals surface area contributed by atoms with E-state index in [1.54, 1.807) is 11.3 Å². The lowest BCUT2D eigenvalue weighted by molar-refractivity contribution is 1.20.